The fraction of sp³-hybridized carbons (Fsp3) is 0.889. The summed E-state index contributed by atoms with van der Waals surface area (Å²) in [6.07, 6.45) is 3.76. The van der Waals surface area contributed by atoms with Gasteiger partial charge in [0.1, 0.15) is 6.04 Å². The number of carbonyl (C=O) groups is 1. The van der Waals surface area contributed by atoms with Crippen LogP contribution in [0.4, 0.5) is 0 Å². The maximum absolute atomic E-state index is 11.3. The molecule has 1 saturated carbocycles. The van der Waals surface area contributed by atoms with E-state index in [1.807, 2.05) is 0 Å². The predicted octanol–water partition coefficient (Wildman–Crippen LogP) is 0.547. The molecule has 0 spiro atoms. The highest BCUT2D eigenvalue weighted by atomic mass is 16.5. The van der Waals surface area contributed by atoms with Crippen molar-refractivity contribution < 1.29 is 9.53 Å². The minimum absolute atomic E-state index is 0.0116. The minimum atomic E-state index is -0.0793. The monoisotopic (exact) mass is 169 g/mol. The molecule has 0 aromatic rings. The first kappa shape index (κ1) is 8.05. The van der Waals surface area contributed by atoms with Crippen molar-refractivity contribution >= 4 is 5.97 Å². The van der Waals surface area contributed by atoms with E-state index >= 15 is 0 Å². The van der Waals surface area contributed by atoms with Gasteiger partial charge in [-0.2, -0.15) is 0 Å². The zero-order chi connectivity index (χ0) is 8.55. The molecule has 1 aliphatic carbocycles. The van der Waals surface area contributed by atoms with Crippen molar-refractivity contribution in [3.8, 4) is 0 Å². The van der Waals surface area contributed by atoms with Crippen molar-refractivity contribution in [2.75, 3.05) is 13.7 Å². The van der Waals surface area contributed by atoms with Crippen LogP contribution in [0, 0.1) is 11.8 Å². The van der Waals surface area contributed by atoms with Crippen LogP contribution in [0.2, 0.25) is 0 Å². The molecule has 3 atom stereocenters. The van der Waals surface area contributed by atoms with Crippen LogP contribution in [0.5, 0.6) is 0 Å². The van der Waals surface area contributed by atoms with Crippen LogP contribution in [-0.2, 0) is 9.53 Å². The van der Waals surface area contributed by atoms with Gasteiger partial charge in [0.25, 0.3) is 0 Å². The fourth-order valence-corrected chi connectivity index (χ4v) is 2.57. The molecule has 2 aliphatic rings. The van der Waals surface area contributed by atoms with Crippen molar-refractivity contribution in [1.29, 1.82) is 0 Å². The molecule has 1 saturated heterocycles. The Morgan fingerprint density at radius 2 is 2.33 bits per heavy atom. The number of methoxy groups -OCH3 is 1. The van der Waals surface area contributed by atoms with E-state index in [4.69, 9.17) is 4.74 Å². The molecule has 1 N–H and O–H groups in total. The molecule has 0 unspecified atom stereocenters. The Balaban J connectivity index is 2.04. The predicted molar refractivity (Wildman–Crippen MR) is 44.6 cm³/mol. The second-order valence-corrected chi connectivity index (χ2v) is 3.76. The Labute approximate surface area is 72.5 Å². The van der Waals surface area contributed by atoms with Crippen LogP contribution in [0.1, 0.15) is 19.3 Å². The Morgan fingerprint density at radius 3 is 3.08 bits per heavy atom. The first-order valence-electron chi connectivity index (χ1n) is 4.64. The normalized spacial score (nSPS) is 39.6. The third-order valence-corrected chi connectivity index (χ3v) is 3.20. The summed E-state index contributed by atoms with van der Waals surface area (Å²) >= 11 is 0. The molecule has 1 heterocycles. The smallest absolute Gasteiger partial charge is 0.323 e. The van der Waals surface area contributed by atoms with Crippen molar-refractivity contribution in [3.63, 3.8) is 0 Å². The molecule has 0 radical (unpaired) electrons. The Kier molecular flexibility index (Phi) is 2.05. The molecule has 12 heavy (non-hydrogen) atoms. The molecular weight excluding hydrogens is 154 g/mol. The zero-order valence-corrected chi connectivity index (χ0v) is 7.38. The first-order chi connectivity index (χ1) is 5.83. The Bertz CT molecular complexity index is 193. The molecule has 0 bridgehead atoms. The van der Waals surface area contributed by atoms with Gasteiger partial charge in [-0.15, -0.1) is 0 Å². The van der Waals surface area contributed by atoms with Crippen LogP contribution >= 0.6 is 0 Å². The summed E-state index contributed by atoms with van der Waals surface area (Å²) in [5.41, 5.74) is 0. The highest BCUT2D eigenvalue weighted by Crippen LogP contribution is 2.37. The SMILES string of the molecule is COC(=O)[C@@H]1NC[C@H]2CCC[C@H]21. The van der Waals surface area contributed by atoms with E-state index in [0.717, 1.165) is 12.5 Å². The number of hydrogen-bond acceptors (Lipinski definition) is 3. The molecular formula is C9H15NO2. The maximum Gasteiger partial charge on any atom is 0.323 e. The van der Waals surface area contributed by atoms with Crippen molar-refractivity contribution in [3.05, 3.63) is 0 Å². The largest absolute Gasteiger partial charge is 0.468 e. The summed E-state index contributed by atoms with van der Waals surface area (Å²) in [4.78, 5) is 11.3. The number of carbonyl (C=O) groups excluding carboxylic acids is 1. The lowest BCUT2D eigenvalue weighted by Gasteiger charge is -2.14. The van der Waals surface area contributed by atoms with Crippen LogP contribution in [-0.4, -0.2) is 25.7 Å². The average molecular weight is 169 g/mol. The van der Waals surface area contributed by atoms with Gasteiger partial charge < -0.3 is 10.1 Å². The van der Waals surface area contributed by atoms with E-state index in [9.17, 15) is 4.79 Å². The molecule has 3 nitrogen and oxygen atoms in total. The highest BCUT2D eigenvalue weighted by Gasteiger charge is 2.42. The van der Waals surface area contributed by atoms with Gasteiger partial charge in [-0.05, 0) is 31.2 Å². The van der Waals surface area contributed by atoms with Gasteiger partial charge in [0.2, 0.25) is 0 Å². The number of esters is 1. The zero-order valence-electron chi connectivity index (χ0n) is 7.38. The fourth-order valence-electron chi connectivity index (χ4n) is 2.57. The third kappa shape index (κ3) is 1.12. The Hall–Kier alpha value is -0.570. The van der Waals surface area contributed by atoms with E-state index in [2.05, 4.69) is 5.32 Å². The van der Waals surface area contributed by atoms with Gasteiger partial charge in [0.05, 0.1) is 7.11 Å². The summed E-state index contributed by atoms with van der Waals surface area (Å²) < 4.78 is 4.74. The molecule has 3 heteroatoms. The standard InChI is InChI=1S/C9H15NO2/c1-12-9(11)8-7-4-2-3-6(7)5-10-8/h6-8,10H,2-5H2,1H3/t6-,7-,8-/m1/s1. The van der Waals surface area contributed by atoms with Crippen LogP contribution in [0.15, 0.2) is 0 Å². The summed E-state index contributed by atoms with van der Waals surface area (Å²) in [7, 11) is 1.46. The topological polar surface area (TPSA) is 38.3 Å². The van der Waals surface area contributed by atoms with E-state index in [1.165, 1.54) is 26.4 Å². The van der Waals surface area contributed by atoms with Crippen molar-refractivity contribution in [1.82, 2.24) is 5.32 Å². The van der Waals surface area contributed by atoms with Gasteiger partial charge in [-0.3, -0.25) is 4.79 Å². The van der Waals surface area contributed by atoms with Crippen molar-refractivity contribution in [2.45, 2.75) is 25.3 Å². The molecule has 68 valence electrons. The summed E-state index contributed by atoms with van der Waals surface area (Å²) in [6, 6.07) is -0.0116. The summed E-state index contributed by atoms with van der Waals surface area (Å²) in [5, 5.41) is 3.23. The quantitative estimate of drug-likeness (QED) is 0.582. The molecule has 1 aliphatic heterocycles. The number of rotatable bonds is 1. The first-order valence-corrected chi connectivity index (χ1v) is 4.64. The molecule has 2 fully saturated rings. The average Bonchev–Trinajstić information content (AvgIpc) is 2.62. The molecule has 0 aromatic heterocycles. The van der Waals surface area contributed by atoms with Gasteiger partial charge in [0.15, 0.2) is 0 Å². The third-order valence-electron chi connectivity index (χ3n) is 3.20. The van der Waals surface area contributed by atoms with Gasteiger partial charge in [0, 0.05) is 0 Å². The van der Waals surface area contributed by atoms with E-state index in [0.29, 0.717) is 5.92 Å². The Morgan fingerprint density at radius 1 is 1.50 bits per heavy atom. The van der Waals surface area contributed by atoms with Gasteiger partial charge >= 0.3 is 5.97 Å². The van der Waals surface area contributed by atoms with Crippen LogP contribution in [0.3, 0.4) is 0 Å². The minimum Gasteiger partial charge on any atom is -0.468 e. The number of hydrogen-bond donors (Lipinski definition) is 1. The maximum atomic E-state index is 11.3. The molecule has 0 aromatic carbocycles. The van der Waals surface area contributed by atoms with Crippen LogP contribution in [0.25, 0.3) is 0 Å². The molecule has 2 rings (SSSR count). The van der Waals surface area contributed by atoms with Gasteiger partial charge in [-0.1, -0.05) is 6.42 Å². The van der Waals surface area contributed by atoms with E-state index in [1.54, 1.807) is 0 Å². The van der Waals surface area contributed by atoms with E-state index in [-0.39, 0.29) is 12.0 Å². The van der Waals surface area contributed by atoms with Gasteiger partial charge in [-0.25, -0.2) is 0 Å². The van der Waals surface area contributed by atoms with E-state index < -0.39 is 0 Å². The highest BCUT2D eigenvalue weighted by molar-refractivity contribution is 5.76. The van der Waals surface area contributed by atoms with Crippen LogP contribution < -0.4 is 5.32 Å². The second-order valence-electron chi connectivity index (χ2n) is 3.76. The summed E-state index contributed by atoms with van der Waals surface area (Å²) in [5.74, 6) is 1.20. The van der Waals surface area contributed by atoms with Crippen molar-refractivity contribution in [2.24, 2.45) is 11.8 Å². The lowest BCUT2D eigenvalue weighted by atomic mass is 9.94. The second kappa shape index (κ2) is 3.05. The lowest BCUT2D eigenvalue weighted by molar-refractivity contribution is -0.143. The number of nitrogens with one attached hydrogen (secondary N) is 1. The number of fused-ring (bicyclic) bond motifs is 1. The molecule has 0 amide bonds. The lowest BCUT2D eigenvalue weighted by Crippen LogP contribution is -2.36. The number of ether oxygens (including phenoxy) is 1. The summed E-state index contributed by atoms with van der Waals surface area (Å²) in [6.45, 7) is 1.00.